The lowest BCUT2D eigenvalue weighted by molar-refractivity contribution is 0.305. The normalized spacial score (nSPS) is 11.1. The van der Waals surface area contributed by atoms with Crippen LogP contribution < -0.4 is 9.47 Å². The summed E-state index contributed by atoms with van der Waals surface area (Å²) in [5, 5.41) is 2.39. The van der Waals surface area contributed by atoms with Crippen LogP contribution in [0.5, 0.6) is 17.2 Å². The average molecular weight is 587 g/mol. The van der Waals surface area contributed by atoms with Gasteiger partial charge in [-0.1, -0.05) is 76.6 Å². The Morgan fingerprint density at radius 3 is 2.26 bits per heavy atom. The molecular formula is C30H21Br2NO2. The first-order valence-corrected chi connectivity index (χ1v) is 12.7. The van der Waals surface area contributed by atoms with E-state index in [0.717, 1.165) is 43.0 Å². The Morgan fingerprint density at radius 1 is 0.714 bits per heavy atom. The SMILES string of the molecule is Brc1cc(Br)c(OCc2cccc3ccccc23)c(C=Nc2ccc(Oc3ccccc3)cc2)c1. The third kappa shape index (κ3) is 5.81. The number of nitrogens with zero attached hydrogens (tertiary/aromatic N) is 1. The fourth-order valence-electron chi connectivity index (χ4n) is 3.77. The molecule has 5 aromatic rings. The van der Waals surface area contributed by atoms with Gasteiger partial charge in [-0.25, -0.2) is 0 Å². The Hall–Kier alpha value is -3.41. The molecule has 5 rings (SSSR count). The van der Waals surface area contributed by atoms with E-state index in [9.17, 15) is 0 Å². The van der Waals surface area contributed by atoms with Crippen molar-refractivity contribution < 1.29 is 9.47 Å². The van der Waals surface area contributed by atoms with E-state index in [2.05, 4.69) is 73.3 Å². The third-order valence-electron chi connectivity index (χ3n) is 5.46. The maximum absolute atomic E-state index is 6.31. The summed E-state index contributed by atoms with van der Waals surface area (Å²) in [7, 11) is 0. The molecule has 0 aromatic heterocycles. The summed E-state index contributed by atoms with van der Waals surface area (Å²) in [6.07, 6.45) is 1.82. The second-order valence-electron chi connectivity index (χ2n) is 7.90. The largest absolute Gasteiger partial charge is 0.487 e. The smallest absolute Gasteiger partial charge is 0.142 e. The molecule has 5 heteroatoms. The Bertz CT molecular complexity index is 1480. The second-order valence-corrected chi connectivity index (χ2v) is 9.67. The first-order valence-electron chi connectivity index (χ1n) is 11.1. The van der Waals surface area contributed by atoms with Gasteiger partial charge in [0.15, 0.2) is 0 Å². The molecule has 172 valence electrons. The first-order chi connectivity index (χ1) is 17.2. The first kappa shape index (κ1) is 23.3. The lowest BCUT2D eigenvalue weighted by Crippen LogP contribution is -2.00. The highest BCUT2D eigenvalue weighted by Crippen LogP contribution is 2.34. The van der Waals surface area contributed by atoms with Gasteiger partial charge in [0.25, 0.3) is 0 Å². The number of para-hydroxylation sites is 1. The molecule has 0 fully saturated rings. The van der Waals surface area contributed by atoms with Gasteiger partial charge in [-0.15, -0.1) is 0 Å². The van der Waals surface area contributed by atoms with Crippen LogP contribution in [0, 0.1) is 0 Å². The van der Waals surface area contributed by atoms with Gasteiger partial charge in [0.05, 0.1) is 10.2 Å². The highest BCUT2D eigenvalue weighted by Gasteiger charge is 2.11. The van der Waals surface area contributed by atoms with Crippen molar-refractivity contribution in [2.45, 2.75) is 6.61 Å². The molecule has 5 aromatic carbocycles. The fraction of sp³-hybridized carbons (Fsp3) is 0.0333. The highest BCUT2D eigenvalue weighted by atomic mass is 79.9. The van der Waals surface area contributed by atoms with Crippen LogP contribution in [0.15, 0.2) is 123 Å². The van der Waals surface area contributed by atoms with E-state index < -0.39 is 0 Å². The summed E-state index contributed by atoms with van der Waals surface area (Å²) in [6.45, 7) is 0.452. The molecule has 0 unspecified atom stereocenters. The lowest BCUT2D eigenvalue weighted by atomic mass is 10.1. The zero-order valence-corrected chi connectivity index (χ0v) is 21.9. The van der Waals surface area contributed by atoms with E-state index in [1.165, 1.54) is 10.8 Å². The molecule has 0 saturated heterocycles. The summed E-state index contributed by atoms with van der Waals surface area (Å²) in [4.78, 5) is 4.67. The molecule has 35 heavy (non-hydrogen) atoms. The number of halogens is 2. The van der Waals surface area contributed by atoms with Crippen molar-refractivity contribution in [3.8, 4) is 17.2 Å². The minimum absolute atomic E-state index is 0.452. The summed E-state index contributed by atoms with van der Waals surface area (Å²) in [6, 6.07) is 36.0. The van der Waals surface area contributed by atoms with Gasteiger partial charge in [-0.05, 0) is 80.8 Å². The molecule has 0 bridgehead atoms. The third-order valence-corrected chi connectivity index (χ3v) is 6.50. The van der Waals surface area contributed by atoms with Gasteiger partial charge in [-0.2, -0.15) is 0 Å². The molecule has 0 spiro atoms. The quantitative estimate of drug-likeness (QED) is 0.178. The second kappa shape index (κ2) is 10.9. The van der Waals surface area contributed by atoms with Crippen LogP contribution in [-0.4, -0.2) is 6.21 Å². The molecule has 0 amide bonds. The van der Waals surface area contributed by atoms with E-state index >= 15 is 0 Å². The summed E-state index contributed by atoms with van der Waals surface area (Å²) >= 11 is 7.23. The standard InChI is InChI=1S/C30H21Br2NO2/c31-24-17-23(19-33-25-13-15-27(16-14-25)35-26-10-2-1-3-11-26)30(29(32)18-24)34-20-22-9-6-8-21-7-4-5-12-28(21)22/h1-19H,20H2. The Morgan fingerprint density at radius 2 is 1.43 bits per heavy atom. The van der Waals surface area contributed by atoms with E-state index in [0.29, 0.717) is 6.61 Å². The highest BCUT2D eigenvalue weighted by molar-refractivity contribution is 9.11. The van der Waals surface area contributed by atoms with Crippen LogP contribution in [0.4, 0.5) is 5.69 Å². The van der Waals surface area contributed by atoms with Crippen molar-refractivity contribution in [1.29, 1.82) is 0 Å². The summed E-state index contributed by atoms with van der Waals surface area (Å²) < 4.78 is 14.0. The molecule has 0 radical (unpaired) electrons. The van der Waals surface area contributed by atoms with Crippen molar-refractivity contribution >= 4 is 54.5 Å². The molecule has 0 aliphatic heterocycles. The Kier molecular flexibility index (Phi) is 7.26. The van der Waals surface area contributed by atoms with Crippen molar-refractivity contribution in [2.75, 3.05) is 0 Å². The molecule has 0 saturated carbocycles. The maximum Gasteiger partial charge on any atom is 0.142 e. The van der Waals surface area contributed by atoms with E-state index in [1.807, 2.05) is 79.0 Å². The summed E-state index contributed by atoms with van der Waals surface area (Å²) in [5.74, 6) is 2.31. The van der Waals surface area contributed by atoms with Gasteiger partial charge in [0.1, 0.15) is 23.9 Å². The predicted octanol–water partition coefficient (Wildman–Crippen LogP) is 9.49. The van der Waals surface area contributed by atoms with Gasteiger partial charge >= 0.3 is 0 Å². The zero-order valence-electron chi connectivity index (χ0n) is 18.7. The fourth-order valence-corrected chi connectivity index (χ4v) is 5.14. The zero-order chi connectivity index (χ0) is 24.0. The molecule has 0 atom stereocenters. The van der Waals surface area contributed by atoms with E-state index in [-0.39, 0.29) is 0 Å². The van der Waals surface area contributed by atoms with Crippen LogP contribution in [0.3, 0.4) is 0 Å². The van der Waals surface area contributed by atoms with Gasteiger partial charge in [0, 0.05) is 16.3 Å². The van der Waals surface area contributed by atoms with Crippen molar-refractivity contribution in [2.24, 2.45) is 4.99 Å². The van der Waals surface area contributed by atoms with Crippen LogP contribution in [-0.2, 0) is 6.61 Å². The number of benzene rings is 5. The molecule has 0 N–H and O–H groups in total. The number of fused-ring (bicyclic) bond motifs is 1. The van der Waals surface area contributed by atoms with Crippen LogP contribution in [0.2, 0.25) is 0 Å². The van der Waals surface area contributed by atoms with Crippen LogP contribution in [0.1, 0.15) is 11.1 Å². The van der Waals surface area contributed by atoms with Crippen molar-refractivity contribution in [3.05, 3.63) is 129 Å². The monoisotopic (exact) mass is 585 g/mol. The van der Waals surface area contributed by atoms with Crippen molar-refractivity contribution in [3.63, 3.8) is 0 Å². The van der Waals surface area contributed by atoms with Crippen LogP contribution >= 0.6 is 31.9 Å². The Balaban J connectivity index is 1.35. The maximum atomic E-state index is 6.31. The molecule has 0 aliphatic carbocycles. The number of hydrogen-bond acceptors (Lipinski definition) is 3. The lowest BCUT2D eigenvalue weighted by Gasteiger charge is -2.13. The van der Waals surface area contributed by atoms with Gasteiger partial charge in [0.2, 0.25) is 0 Å². The van der Waals surface area contributed by atoms with Crippen LogP contribution in [0.25, 0.3) is 10.8 Å². The van der Waals surface area contributed by atoms with Gasteiger partial charge < -0.3 is 9.47 Å². The summed E-state index contributed by atoms with van der Waals surface area (Å²) in [5.41, 5.74) is 2.83. The van der Waals surface area contributed by atoms with E-state index in [4.69, 9.17) is 9.47 Å². The van der Waals surface area contributed by atoms with E-state index in [1.54, 1.807) is 0 Å². The molecular weight excluding hydrogens is 566 g/mol. The Labute approximate surface area is 221 Å². The minimum Gasteiger partial charge on any atom is -0.487 e. The van der Waals surface area contributed by atoms with Gasteiger partial charge in [-0.3, -0.25) is 4.99 Å². The van der Waals surface area contributed by atoms with Crippen molar-refractivity contribution in [1.82, 2.24) is 0 Å². The minimum atomic E-state index is 0.452. The molecule has 0 aliphatic rings. The average Bonchev–Trinajstić information content (AvgIpc) is 2.88. The number of aliphatic imine (C=N–C) groups is 1. The predicted molar refractivity (Wildman–Crippen MR) is 150 cm³/mol. The molecule has 0 heterocycles. The molecule has 3 nitrogen and oxygen atoms in total. The number of rotatable bonds is 7. The topological polar surface area (TPSA) is 30.8 Å². The number of hydrogen-bond donors (Lipinski definition) is 0. The number of ether oxygens (including phenoxy) is 2.